The number of carbonyl (C=O) groups excluding carboxylic acids is 1. The SMILES string of the molecule is CCC(CNC(=O)CN1CCCS1(=O)=O)(C(=O)O)c1ccccc1. The van der Waals surface area contributed by atoms with Gasteiger partial charge in [0.25, 0.3) is 0 Å². The molecule has 1 aromatic rings. The van der Waals surface area contributed by atoms with Crippen molar-refractivity contribution < 1.29 is 23.1 Å². The molecular formula is C16H22N2O5S. The summed E-state index contributed by atoms with van der Waals surface area (Å²) in [5, 5.41) is 12.3. The molecule has 1 saturated heterocycles. The highest BCUT2D eigenvalue weighted by atomic mass is 32.2. The Morgan fingerprint density at radius 1 is 1.29 bits per heavy atom. The molecule has 0 radical (unpaired) electrons. The van der Waals surface area contributed by atoms with Crippen LogP contribution in [-0.2, 0) is 25.0 Å². The number of rotatable bonds is 7. The standard InChI is InChI=1S/C16H22N2O5S/c1-2-16(15(20)21,13-7-4-3-5-8-13)12-17-14(19)11-18-9-6-10-24(18,22)23/h3-5,7-8H,2,6,9-12H2,1H3,(H,17,19)(H,20,21). The van der Waals surface area contributed by atoms with Crippen molar-refractivity contribution in [3.63, 3.8) is 0 Å². The average Bonchev–Trinajstić information content (AvgIpc) is 2.87. The van der Waals surface area contributed by atoms with E-state index >= 15 is 0 Å². The number of nitrogens with zero attached hydrogens (tertiary/aromatic N) is 1. The lowest BCUT2D eigenvalue weighted by Crippen LogP contribution is -2.48. The molecule has 0 spiro atoms. The fraction of sp³-hybridized carbons (Fsp3) is 0.500. The highest BCUT2D eigenvalue weighted by molar-refractivity contribution is 7.89. The number of sulfonamides is 1. The van der Waals surface area contributed by atoms with Gasteiger partial charge in [-0.2, -0.15) is 4.31 Å². The van der Waals surface area contributed by atoms with Crippen molar-refractivity contribution in [2.45, 2.75) is 25.2 Å². The maximum absolute atomic E-state index is 12.1. The van der Waals surface area contributed by atoms with E-state index in [1.807, 2.05) is 0 Å². The molecule has 1 aliphatic rings. The van der Waals surface area contributed by atoms with E-state index in [1.54, 1.807) is 37.3 Å². The Kier molecular flexibility index (Phi) is 5.61. The average molecular weight is 354 g/mol. The van der Waals surface area contributed by atoms with Gasteiger partial charge in [0.05, 0.1) is 12.3 Å². The highest BCUT2D eigenvalue weighted by Crippen LogP contribution is 2.27. The Morgan fingerprint density at radius 3 is 2.46 bits per heavy atom. The monoisotopic (exact) mass is 354 g/mol. The minimum absolute atomic E-state index is 0.0539. The number of nitrogens with one attached hydrogen (secondary N) is 1. The molecule has 8 heteroatoms. The highest BCUT2D eigenvalue weighted by Gasteiger charge is 2.39. The first kappa shape index (κ1) is 18.4. The first-order chi connectivity index (χ1) is 11.3. The molecule has 2 rings (SSSR count). The number of carboxylic acids is 1. The Labute approximate surface area is 141 Å². The molecule has 1 fully saturated rings. The van der Waals surface area contributed by atoms with Crippen LogP contribution in [0.5, 0.6) is 0 Å². The van der Waals surface area contributed by atoms with Gasteiger partial charge in [0.2, 0.25) is 15.9 Å². The predicted molar refractivity (Wildman–Crippen MR) is 89.0 cm³/mol. The number of carbonyl (C=O) groups is 2. The van der Waals surface area contributed by atoms with E-state index in [-0.39, 0.29) is 18.8 Å². The lowest BCUT2D eigenvalue weighted by Gasteiger charge is -2.29. The van der Waals surface area contributed by atoms with Crippen molar-refractivity contribution in [2.75, 3.05) is 25.4 Å². The molecule has 1 unspecified atom stereocenters. The molecule has 1 heterocycles. The van der Waals surface area contributed by atoms with Crippen molar-refractivity contribution in [1.29, 1.82) is 0 Å². The number of benzene rings is 1. The molecule has 1 amide bonds. The number of hydrogen-bond donors (Lipinski definition) is 2. The molecule has 132 valence electrons. The molecule has 7 nitrogen and oxygen atoms in total. The maximum atomic E-state index is 12.1. The summed E-state index contributed by atoms with van der Waals surface area (Å²) in [6.07, 6.45) is 0.808. The van der Waals surface area contributed by atoms with Crippen LogP contribution in [-0.4, -0.2) is 55.1 Å². The van der Waals surface area contributed by atoms with Crippen LogP contribution in [0.15, 0.2) is 30.3 Å². The second-order valence-corrected chi connectivity index (χ2v) is 7.98. The normalized spacial score (nSPS) is 19.5. The zero-order valence-electron chi connectivity index (χ0n) is 13.6. The fourth-order valence-corrected chi connectivity index (χ4v) is 4.35. The minimum atomic E-state index is -3.35. The summed E-state index contributed by atoms with van der Waals surface area (Å²) in [6, 6.07) is 8.73. The number of amides is 1. The van der Waals surface area contributed by atoms with E-state index < -0.39 is 27.3 Å². The van der Waals surface area contributed by atoms with E-state index in [4.69, 9.17) is 0 Å². The second kappa shape index (κ2) is 7.31. The van der Waals surface area contributed by atoms with E-state index in [9.17, 15) is 23.1 Å². The topological polar surface area (TPSA) is 104 Å². The Morgan fingerprint density at radius 2 is 1.96 bits per heavy atom. The van der Waals surface area contributed by atoms with Crippen LogP contribution in [0.25, 0.3) is 0 Å². The Balaban J connectivity index is 2.08. The zero-order chi connectivity index (χ0) is 17.8. The molecule has 0 bridgehead atoms. The molecule has 0 saturated carbocycles. The van der Waals surface area contributed by atoms with Gasteiger partial charge in [0, 0.05) is 13.1 Å². The van der Waals surface area contributed by atoms with Gasteiger partial charge in [-0.3, -0.25) is 9.59 Å². The summed E-state index contributed by atoms with van der Waals surface area (Å²) in [4.78, 5) is 23.9. The summed E-state index contributed by atoms with van der Waals surface area (Å²) in [7, 11) is -3.35. The molecule has 0 aliphatic carbocycles. The molecule has 24 heavy (non-hydrogen) atoms. The Hall–Kier alpha value is -1.93. The van der Waals surface area contributed by atoms with Crippen molar-refractivity contribution in [2.24, 2.45) is 0 Å². The fourth-order valence-electron chi connectivity index (χ4n) is 2.87. The molecule has 1 atom stereocenters. The van der Waals surface area contributed by atoms with Gasteiger partial charge in [-0.25, -0.2) is 8.42 Å². The van der Waals surface area contributed by atoms with Gasteiger partial charge in [0.1, 0.15) is 5.41 Å². The third-order valence-electron chi connectivity index (χ3n) is 4.45. The third-order valence-corrected chi connectivity index (χ3v) is 6.35. The van der Waals surface area contributed by atoms with Crippen molar-refractivity contribution >= 4 is 21.9 Å². The first-order valence-electron chi connectivity index (χ1n) is 7.85. The number of hydrogen-bond acceptors (Lipinski definition) is 4. The molecule has 0 aromatic heterocycles. The van der Waals surface area contributed by atoms with Crippen LogP contribution in [0.2, 0.25) is 0 Å². The summed E-state index contributed by atoms with van der Waals surface area (Å²) in [6.45, 7) is 1.72. The number of aliphatic carboxylic acids is 1. The first-order valence-corrected chi connectivity index (χ1v) is 9.46. The molecule has 2 N–H and O–H groups in total. The lowest BCUT2D eigenvalue weighted by atomic mass is 9.78. The van der Waals surface area contributed by atoms with E-state index in [0.717, 1.165) is 4.31 Å². The van der Waals surface area contributed by atoms with Crippen LogP contribution in [0.3, 0.4) is 0 Å². The molecular weight excluding hydrogens is 332 g/mol. The van der Waals surface area contributed by atoms with Crippen LogP contribution in [0.4, 0.5) is 0 Å². The summed E-state index contributed by atoms with van der Waals surface area (Å²) in [5.74, 6) is -1.46. The summed E-state index contributed by atoms with van der Waals surface area (Å²) >= 11 is 0. The zero-order valence-corrected chi connectivity index (χ0v) is 14.4. The number of carboxylic acid groups (broad SMARTS) is 1. The van der Waals surface area contributed by atoms with Crippen molar-refractivity contribution in [3.8, 4) is 0 Å². The summed E-state index contributed by atoms with van der Waals surface area (Å²) < 4.78 is 24.6. The second-order valence-electron chi connectivity index (χ2n) is 5.89. The quantitative estimate of drug-likeness (QED) is 0.745. The van der Waals surface area contributed by atoms with Crippen LogP contribution in [0, 0.1) is 0 Å². The van der Waals surface area contributed by atoms with Crippen LogP contribution < -0.4 is 5.32 Å². The summed E-state index contributed by atoms with van der Waals surface area (Å²) in [5.41, 5.74) is -0.630. The minimum Gasteiger partial charge on any atom is -0.481 e. The van der Waals surface area contributed by atoms with Gasteiger partial charge >= 0.3 is 5.97 Å². The van der Waals surface area contributed by atoms with Gasteiger partial charge in [0.15, 0.2) is 0 Å². The maximum Gasteiger partial charge on any atom is 0.315 e. The lowest BCUT2D eigenvalue weighted by molar-refractivity contribution is -0.144. The van der Waals surface area contributed by atoms with Crippen molar-refractivity contribution in [1.82, 2.24) is 9.62 Å². The van der Waals surface area contributed by atoms with Crippen LogP contribution in [0.1, 0.15) is 25.3 Å². The smallest absolute Gasteiger partial charge is 0.315 e. The Bertz CT molecular complexity index is 704. The predicted octanol–water partition coefficient (Wildman–Crippen LogP) is 0.571. The van der Waals surface area contributed by atoms with Gasteiger partial charge < -0.3 is 10.4 Å². The van der Waals surface area contributed by atoms with Crippen LogP contribution >= 0.6 is 0 Å². The van der Waals surface area contributed by atoms with Gasteiger partial charge in [-0.1, -0.05) is 37.3 Å². The van der Waals surface area contributed by atoms with Crippen molar-refractivity contribution in [3.05, 3.63) is 35.9 Å². The largest absolute Gasteiger partial charge is 0.481 e. The van der Waals surface area contributed by atoms with Gasteiger partial charge in [-0.15, -0.1) is 0 Å². The van der Waals surface area contributed by atoms with E-state index in [1.165, 1.54) is 0 Å². The van der Waals surface area contributed by atoms with Gasteiger partial charge in [-0.05, 0) is 18.4 Å². The van der Waals surface area contributed by atoms with E-state index in [2.05, 4.69) is 5.32 Å². The van der Waals surface area contributed by atoms with E-state index in [0.29, 0.717) is 24.9 Å². The third kappa shape index (κ3) is 3.76. The molecule has 1 aliphatic heterocycles. The molecule has 1 aromatic carbocycles.